The third kappa shape index (κ3) is 4.12. The van der Waals surface area contributed by atoms with Gasteiger partial charge in [0.1, 0.15) is 5.71 Å². The first kappa shape index (κ1) is 20.6. The minimum atomic E-state index is -4.46. The molecule has 0 saturated heterocycles. The highest BCUT2D eigenvalue weighted by Crippen LogP contribution is 2.34. The summed E-state index contributed by atoms with van der Waals surface area (Å²) in [4.78, 5) is 21.4. The summed E-state index contributed by atoms with van der Waals surface area (Å²) in [5.41, 5.74) is 0.914. The van der Waals surface area contributed by atoms with Crippen molar-refractivity contribution < 1.29 is 18.0 Å². The van der Waals surface area contributed by atoms with Crippen molar-refractivity contribution in [2.75, 3.05) is 18.6 Å². The number of aliphatic imine (C=N–C) groups is 1. The number of benzene rings is 2. The summed E-state index contributed by atoms with van der Waals surface area (Å²) in [6.07, 6.45) is 1.42. The zero-order valence-electron chi connectivity index (χ0n) is 16.8. The van der Waals surface area contributed by atoms with Crippen LogP contribution in [0, 0.1) is 0 Å². The zero-order chi connectivity index (χ0) is 21.3. The van der Waals surface area contributed by atoms with Gasteiger partial charge in [0.2, 0.25) is 0 Å². The number of para-hydroxylation sites is 1. The number of fused-ring (bicyclic) bond motifs is 1. The molecule has 30 heavy (non-hydrogen) atoms. The average Bonchev–Trinajstić information content (AvgIpc) is 3.00. The molecule has 4 nitrogen and oxygen atoms in total. The first-order valence-electron chi connectivity index (χ1n) is 10.2. The second-order valence-corrected chi connectivity index (χ2v) is 7.95. The maximum absolute atomic E-state index is 13.2. The van der Waals surface area contributed by atoms with Crippen LogP contribution < -0.4 is 4.90 Å². The molecule has 158 valence electrons. The maximum Gasteiger partial charge on any atom is 0.416 e. The van der Waals surface area contributed by atoms with Crippen LogP contribution in [-0.4, -0.2) is 36.3 Å². The molecule has 0 atom stereocenters. The molecule has 0 bridgehead atoms. The molecule has 1 aliphatic carbocycles. The molecule has 0 aromatic heterocycles. The molecule has 7 heteroatoms. The van der Waals surface area contributed by atoms with E-state index >= 15 is 0 Å². The Bertz CT molecular complexity index is 964. The lowest BCUT2D eigenvalue weighted by Crippen LogP contribution is -2.44. The van der Waals surface area contributed by atoms with E-state index in [2.05, 4.69) is 9.89 Å². The van der Waals surface area contributed by atoms with E-state index in [1.54, 1.807) is 11.0 Å². The van der Waals surface area contributed by atoms with Crippen LogP contribution in [0.15, 0.2) is 53.5 Å². The van der Waals surface area contributed by atoms with Crippen molar-refractivity contribution in [2.45, 2.75) is 44.3 Å². The molecule has 0 spiro atoms. The monoisotopic (exact) mass is 415 g/mol. The smallest absolute Gasteiger partial charge is 0.293 e. The van der Waals surface area contributed by atoms with E-state index in [-0.39, 0.29) is 17.3 Å². The molecule has 0 radical (unpaired) electrons. The Morgan fingerprint density at radius 3 is 2.53 bits per heavy atom. The lowest BCUT2D eigenvalue weighted by Gasteiger charge is -2.34. The molecule has 1 amide bonds. The highest BCUT2D eigenvalue weighted by Gasteiger charge is 2.35. The largest absolute Gasteiger partial charge is 0.416 e. The number of nitrogens with zero attached hydrogens (tertiary/aromatic N) is 3. The number of halogens is 3. The number of alkyl halides is 3. The Morgan fingerprint density at radius 1 is 1.07 bits per heavy atom. The Hall–Kier alpha value is -2.67. The fourth-order valence-electron chi connectivity index (χ4n) is 4.25. The second-order valence-electron chi connectivity index (χ2n) is 7.95. The van der Waals surface area contributed by atoms with Gasteiger partial charge < -0.3 is 0 Å². The van der Waals surface area contributed by atoms with E-state index in [1.807, 2.05) is 25.2 Å². The third-order valence-corrected chi connectivity index (χ3v) is 5.87. The van der Waals surface area contributed by atoms with Gasteiger partial charge in [-0.1, -0.05) is 43.5 Å². The number of carbonyl (C=O) groups excluding carboxylic acids is 1. The van der Waals surface area contributed by atoms with E-state index in [0.29, 0.717) is 18.3 Å². The highest BCUT2D eigenvalue weighted by atomic mass is 19.4. The fourth-order valence-corrected chi connectivity index (χ4v) is 4.25. The molecule has 2 aromatic carbocycles. The van der Waals surface area contributed by atoms with Gasteiger partial charge in [-0.05, 0) is 44.2 Å². The van der Waals surface area contributed by atoms with Crippen molar-refractivity contribution in [3.05, 3.63) is 59.7 Å². The van der Waals surface area contributed by atoms with Gasteiger partial charge in [0.25, 0.3) is 5.91 Å². The van der Waals surface area contributed by atoms with Gasteiger partial charge in [-0.15, -0.1) is 0 Å². The molecule has 0 N–H and O–H groups in total. The molecular weight excluding hydrogens is 391 g/mol. The lowest BCUT2D eigenvalue weighted by atomic mass is 9.95. The molecule has 1 saturated carbocycles. The van der Waals surface area contributed by atoms with Gasteiger partial charge in [0, 0.05) is 11.6 Å². The summed E-state index contributed by atoms with van der Waals surface area (Å²) in [5.74, 6) is -0.281. The molecular formula is C23H24F3N3O. The minimum Gasteiger partial charge on any atom is -0.293 e. The van der Waals surface area contributed by atoms with Crippen LogP contribution in [0.2, 0.25) is 0 Å². The SMILES string of the molecule is CN(CN1C(=O)C(=Nc2cccc(C(F)(F)F)c2)c2ccccc21)C1CCCCC1. The quantitative estimate of drug-likeness (QED) is 0.671. The van der Waals surface area contributed by atoms with Gasteiger partial charge in [0.15, 0.2) is 0 Å². The van der Waals surface area contributed by atoms with Crippen LogP contribution in [-0.2, 0) is 11.0 Å². The topological polar surface area (TPSA) is 35.9 Å². The van der Waals surface area contributed by atoms with E-state index in [4.69, 9.17) is 0 Å². The molecule has 2 aromatic rings. The van der Waals surface area contributed by atoms with E-state index < -0.39 is 11.7 Å². The summed E-state index contributed by atoms with van der Waals surface area (Å²) in [6.45, 7) is 0.433. The highest BCUT2D eigenvalue weighted by molar-refractivity contribution is 6.54. The van der Waals surface area contributed by atoms with Crippen molar-refractivity contribution in [2.24, 2.45) is 4.99 Å². The molecule has 4 rings (SSSR count). The standard InChI is InChI=1S/C23H24F3N3O/c1-28(18-10-3-2-4-11-18)15-29-20-13-6-5-12-19(20)21(22(29)30)27-17-9-7-8-16(14-17)23(24,25)26/h5-9,12-14,18H,2-4,10-11,15H2,1H3. The number of hydrogen-bond donors (Lipinski definition) is 0. The number of anilines is 1. The summed E-state index contributed by atoms with van der Waals surface area (Å²) in [7, 11) is 2.02. The molecule has 1 aliphatic heterocycles. The van der Waals surface area contributed by atoms with Gasteiger partial charge in [-0.25, -0.2) is 4.99 Å². The predicted molar refractivity (Wildman–Crippen MR) is 111 cm³/mol. The number of rotatable bonds is 4. The van der Waals surface area contributed by atoms with Crippen LogP contribution in [0.5, 0.6) is 0 Å². The third-order valence-electron chi connectivity index (χ3n) is 5.87. The fraction of sp³-hybridized carbons (Fsp3) is 0.391. The van der Waals surface area contributed by atoms with Crippen LogP contribution in [0.25, 0.3) is 0 Å². The maximum atomic E-state index is 13.2. The Balaban J connectivity index is 1.64. The summed E-state index contributed by atoms with van der Waals surface area (Å²) in [5, 5.41) is 0. The van der Waals surface area contributed by atoms with Gasteiger partial charge in [0.05, 0.1) is 23.6 Å². The molecule has 1 fully saturated rings. The predicted octanol–water partition coefficient (Wildman–Crippen LogP) is 5.39. The van der Waals surface area contributed by atoms with E-state index in [9.17, 15) is 18.0 Å². The second kappa shape index (κ2) is 8.22. The molecule has 0 unspecified atom stereocenters. The van der Waals surface area contributed by atoms with Crippen molar-refractivity contribution in [3.63, 3.8) is 0 Å². The zero-order valence-corrected chi connectivity index (χ0v) is 16.8. The summed E-state index contributed by atoms with van der Waals surface area (Å²) in [6, 6.07) is 12.5. The minimum absolute atomic E-state index is 0.116. The Kier molecular flexibility index (Phi) is 5.64. The van der Waals surface area contributed by atoms with Crippen molar-refractivity contribution in [3.8, 4) is 0 Å². The van der Waals surface area contributed by atoms with Gasteiger partial charge in [-0.3, -0.25) is 14.6 Å². The lowest BCUT2D eigenvalue weighted by molar-refractivity contribution is -0.137. The number of amides is 1. The van der Waals surface area contributed by atoms with E-state index in [1.165, 1.54) is 31.4 Å². The Labute approximate surface area is 174 Å². The van der Waals surface area contributed by atoms with Crippen LogP contribution in [0.1, 0.15) is 43.2 Å². The first-order chi connectivity index (χ1) is 14.3. The van der Waals surface area contributed by atoms with Gasteiger partial charge >= 0.3 is 6.18 Å². The van der Waals surface area contributed by atoms with Crippen molar-refractivity contribution in [1.82, 2.24) is 4.90 Å². The molecule has 1 heterocycles. The summed E-state index contributed by atoms with van der Waals surface area (Å²) < 4.78 is 39.2. The van der Waals surface area contributed by atoms with Crippen molar-refractivity contribution in [1.29, 1.82) is 0 Å². The summed E-state index contributed by atoms with van der Waals surface area (Å²) >= 11 is 0. The average molecular weight is 415 g/mol. The van der Waals surface area contributed by atoms with Crippen LogP contribution >= 0.6 is 0 Å². The number of carbonyl (C=O) groups is 1. The van der Waals surface area contributed by atoms with Crippen LogP contribution in [0.4, 0.5) is 24.5 Å². The number of hydrogen-bond acceptors (Lipinski definition) is 3. The first-order valence-corrected chi connectivity index (χ1v) is 10.2. The van der Waals surface area contributed by atoms with Crippen molar-refractivity contribution >= 4 is 23.0 Å². The normalized spacial score (nSPS) is 19.0. The van der Waals surface area contributed by atoms with Crippen LogP contribution in [0.3, 0.4) is 0 Å². The molecule has 2 aliphatic rings. The Morgan fingerprint density at radius 2 is 1.80 bits per heavy atom. The van der Waals surface area contributed by atoms with E-state index in [0.717, 1.165) is 30.7 Å². The van der Waals surface area contributed by atoms with Gasteiger partial charge in [-0.2, -0.15) is 13.2 Å².